The Morgan fingerprint density at radius 3 is 2.71 bits per heavy atom. The van der Waals surface area contributed by atoms with Gasteiger partial charge in [0.25, 0.3) is 0 Å². The summed E-state index contributed by atoms with van der Waals surface area (Å²) in [4.78, 5) is 2.46. The first-order chi connectivity index (χ1) is 8.25. The molecule has 0 radical (unpaired) electrons. The highest BCUT2D eigenvalue weighted by atomic mass is 79.9. The number of rotatable bonds is 4. The van der Waals surface area contributed by atoms with E-state index in [0.717, 1.165) is 16.8 Å². The summed E-state index contributed by atoms with van der Waals surface area (Å²) in [6.45, 7) is 4.12. The molecule has 2 N–H and O–H groups in total. The number of nitrogens with two attached hydrogens (primary N) is 1. The molecule has 0 atom stereocenters. The van der Waals surface area contributed by atoms with Gasteiger partial charge in [-0.1, -0.05) is 22.4 Å². The molecular formula is C13H19BrN2O. The third kappa shape index (κ3) is 3.89. The van der Waals surface area contributed by atoms with Gasteiger partial charge in [0, 0.05) is 11.0 Å². The lowest BCUT2D eigenvalue weighted by atomic mass is 10.1. The van der Waals surface area contributed by atoms with E-state index in [2.05, 4.69) is 20.8 Å². The molecule has 1 fully saturated rings. The van der Waals surface area contributed by atoms with Crippen molar-refractivity contribution in [3.63, 3.8) is 0 Å². The van der Waals surface area contributed by atoms with Gasteiger partial charge in [-0.3, -0.25) is 4.90 Å². The summed E-state index contributed by atoms with van der Waals surface area (Å²) in [6.07, 6.45) is 4.01. The zero-order valence-corrected chi connectivity index (χ0v) is 11.6. The maximum absolute atomic E-state index is 5.87. The quantitative estimate of drug-likeness (QED) is 0.869. The molecule has 0 saturated carbocycles. The van der Waals surface area contributed by atoms with Crippen LogP contribution in [-0.2, 0) is 0 Å². The van der Waals surface area contributed by atoms with E-state index in [9.17, 15) is 0 Å². The van der Waals surface area contributed by atoms with E-state index in [4.69, 9.17) is 10.5 Å². The predicted molar refractivity (Wildman–Crippen MR) is 74.3 cm³/mol. The molecule has 0 aromatic heterocycles. The molecule has 2 rings (SSSR count). The van der Waals surface area contributed by atoms with Gasteiger partial charge in [0.2, 0.25) is 0 Å². The molecule has 0 spiro atoms. The SMILES string of the molecule is Nc1cc(Br)ccc1OCCN1CCCCC1. The Hall–Kier alpha value is -0.740. The van der Waals surface area contributed by atoms with E-state index in [0.29, 0.717) is 12.3 Å². The number of hydrogen-bond acceptors (Lipinski definition) is 3. The van der Waals surface area contributed by atoms with E-state index in [-0.39, 0.29) is 0 Å². The van der Waals surface area contributed by atoms with Crippen molar-refractivity contribution < 1.29 is 4.74 Å². The molecule has 1 aromatic rings. The van der Waals surface area contributed by atoms with Gasteiger partial charge in [0.05, 0.1) is 5.69 Å². The number of likely N-dealkylation sites (tertiary alicyclic amines) is 1. The molecule has 3 nitrogen and oxygen atoms in total. The molecule has 1 aliphatic rings. The van der Waals surface area contributed by atoms with Crippen LogP contribution in [0.5, 0.6) is 5.75 Å². The first-order valence-corrected chi connectivity index (χ1v) is 6.95. The number of anilines is 1. The zero-order chi connectivity index (χ0) is 12.1. The molecule has 1 aliphatic heterocycles. The van der Waals surface area contributed by atoms with E-state index in [1.807, 2.05) is 18.2 Å². The van der Waals surface area contributed by atoms with Crippen molar-refractivity contribution in [1.82, 2.24) is 4.90 Å². The second kappa shape index (κ2) is 6.26. The average molecular weight is 299 g/mol. The number of halogens is 1. The highest BCUT2D eigenvalue weighted by Crippen LogP contribution is 2.25. The van der Waals surface area contributed by atoms with Gasteiger partial charge in [-0.2, -0.15) is 0 Å². The Bertz CT molecular complexity index is 364. The van der Waals surface area contributed by atoms with Crippen LogP contribution in [0.15, 0.2) is 22.7 Å². The van der Waals surface area contributed by atoms with Crippen LogP contribution in [0.1, 0.15) is 19.3 Å². The Morgan fingerprint density at radius 1 is 1.24 bits per heavy atom. The summed E-state index contributed by atoms with van der Waals surface area (Å²) in [6, 6.07) is 5.73. The predicted octanol–water partition coefficient (Wildman–Crippen LogP) is 2.90. The molecule has 1 saturated heterocycles. The highest BCUT2D eigenvalue weighted by Gasteiger charge is 2.09. The van der Waals surface area contributed by atoms with Crippen LogP contribution >= 0.6 is 15.9 Å². The van der Waals surface area contributed by atoms with Crippen LogP contribution in [0, 0.1) is 0 Å². The molecule has 1 aromatic carbocycles. The summed E-state index contributed by atoms with van der Waals surface area (Å²) in [7, 11) is 0. The fraction of sp³-hybridized carbons (Fsp3) is 0.538. The van der Waals surface area contributed by atoms with Crippen LogP contribution in [-0.4, -0.2) is 31.1 Å². The third-order valence-electron chi connectivity index (χ3n) is 3.09. The van der Waals surface area contributed by atoms with Gasteiger partial charge in [-0.05, 0) is 44.1 Å². The van der Waals surface area contributed by atoms with Crippen LogP contribution < -0.4 is 10.5 Å². The number of ether oxygens (including phenoxy) is 1. The first kappa shape index (κ1) is 12.7. The minimum atomic E-state index is 0.693. The number of nitrogen functional groups attached to an aromatic ring is 1. The molecule has 0 aliphatic carbocycles. The molecular weight excluding hydrogens is 280 g/mol. The number of piperidine rings is 1. The maximum atomic E-state index is 5.87. The summed E-state index contributed by atoms with van der Waals surface area (Å²) in [5.74, 6) is 0.783. The largest absolute Gasteiger partial charge is 0.490 e. The first-order valence-electron chi connectivity index (χ1n) is 6.16. The molecule has 4 heteroatoms. The Morgan fingerprint density at radius 2 is 2.00 bits per heavy atom. The van der Waals surface area contributed by atoms with Crippen molar-refractivity contribution in [3.8, 4) is 5.75 Å². The van der Waals surface area contributed by atoms with Gasteiger partial charge in [0.1, 0.15) is 12.4 Å². The lowest BCUT2D eigenvalue weighted by Gasteiger charge is -2.26. The lowest BCUT2D eigenvalue weighted by Crippen LogP contribution is -2.33. The monoisotopic (exact) mass is 298 g/mol. The summed E-state index contributed by atoms with van der Waals surface area (Å²) >= 11 is 3.38. The average Bonchev–Trinajstić information content (AvgIpc) is 2.33. The van der Waals surface area contributed by atoms with Gasteiger partial charge >= 0.3 is 0 Å². The summed E-state index contributed by atoms with van der Waals surface area (Å²) in [5.41, 5.74) is 6.56. The normalized spacial score (nSPS) is 17.0. The van der Waals surface area contributed by atoms with E-state index in [1.54, 1.807) is 0 Å². The number of benzene rings is 1. The van der Waals surface area contributed by atoms with E-state index in [1.165, 1.54) is 32.4 Å². The fourth-order valence-electron chi connectivity index (χ4n) is 2.12. The Labute approximate surface area is 111 Å². The van der Waals surface area contributed by atoms with Gasteiger partial charge in [-0.15, -0.1) is 0 Å². The smallest absolute Gasteiger partial charge is 0.142 e. The van der Waals surface area contributed by atoms with Gasteiger partial charge in [0.15, 0.2) is 0 Å². The number of hydrogen-bond donors (Lipinski definition) is 1. The van der Waals surface area contributed by atoms with Crippen molar-refractivity contribution in [2.45, 2.75) is 19.3 Å². The van der Waals surface area contributed by atoms with Crippen LogP contribution in [0.2, 0.25) is 0 Å². The van der Waals surface area contributed by atoms with Crippen LogP contribution in [0.4, 0.5) is 5.69 Å². The Kier molecular flexibility index (Phi) is 4.68. The third-order valence-corrected chi connectivity index (χ3v) is 3.58. The topological polar surface area (TPSA) is 38.5 Å². The lowest BCUT2D eigenvalue weighted by molar-refractivity contribution is 0.184. The minimum Gasteiger partial charge on any atom is -0.490 e. The summed E-state index contributed by atoms with van der Waals surface area (Å²) < 4.78 is 6.69. The van der Waals surface area contributed by atoms with Crippen LogP contribution in [0.3, 0.4) is 0 Å². The van der Waals surface area contributed by atoms with Crippen molar-refractivity contribution >= 4 is 21.6 Å². The second-order valence-electron chi connectivity index (χ2n) is 4.43. The minimum absolute atomic E-state index is 0.693. The van der Waals surface area contributed by atoms with Crippen LogP contribution in [0.25, 0.3) is 0 Å². The van der Waals surface area contributed by atoms with Crippen molar-refractivity contribution in [2.24, 2.45) is 0 Å². The van der Waals surface area contributed by atoms with E-state index >= 15 is 0 Å². The van der Waals surface area contributed by atoms with Gasteiger partial charge < -0.3 is 10.5 Å². The standard InChI is InChI=1S/C13H19BrN2O/c14-11-4-5-13(12(15)10-11)17-9-8-16-6-2-1-3-7-16/h4-5,10H,1-3,6-9,15H2. The fourth-order valence-corrected chi connectivity index (χ4v) is 2.50. The second-order valence-corrected chi connectivity index (χ2v) is 5.35. The Balaban J connectivity index is 1.77. The molecule has 0 amide bonds. The van der Waals surface area contributed by atoms with E-state index < -0.39 is 0 Å². The van der Waals surface area contributed by atoms with Crippen molar-refractivity contribution in [3.05, 3.63) is 22.7 Å². The van der Waals surface area contributed by atoms with Crippen molar-refractivity contribution in [1.29, 1.82) is 0 Å². The zero-order valence-electron chi connectivity index (χ0n) is 9.99. The molecule has 0 bridgehead atoms. The molecule has 1 heterocycles. The van der Waals surface area contributed by atoms with Crippen molar-refractivity contribution in [2.75, 3.05) is 32.0 Å². The summed E-state index contributed by atoms with van der Waals surface area (Å²) in [5, 5.41) is 0. The highest BCUT2D eigenvalue weighted by molar-refractivity contribution is 9.10. The maximum Gasteiger partial charge on any atom is 0.142 e. The molecule has 94 valence electrons. The number of nitrogens with zero attached hydrogens (tertiary/aromatic N) is 1. The van der Waals surface area contributed by atoms with Gasteiger partial charge in [-0.25, -0.2) is 0 Å². The molecule has 17 heavy (non-hydrogen) atoms. The molecule has 0 unspecified atom stereocenters.